The van der Waals surface area contributed by atoms with E-state index in [2.05, 4.69) is 29.5 Å². The molecule has 140 valence electrons. The summed E-state index contributed by atoms with van der Waals surface area (Å²) in [6.45, 7) is 4.17. The van der Waals surface area contributed by atoms with Crippen LogP contribution in [0.25, 0.3) is 10.2 Å². The number of fused-ring (bicyclic) bond motifs is 3. The lowest BCUT2D eigenvalue weighted by Crippen LogP contribution is -2.30. The van der Waals surface area contributed by atoms with E-state index in [-0.39, 0.29) is 18.0 Å². The summed E-state index contributed by atoms with van der Waals surface area (Å²) in [5.74, 6) is 0.346. The zero-order valence-electron chi connectivity index (χ0n) is 15.5. The molecule has 0 aliphatic heterocycles. The first-order chi connectivity index (χ1) is 13.0. The van der Waals surface area contributed by atoms with E-state index in [0.29, 0.717) is 21.8 Å². The van der Waals surface area contributed by atoms with Crippen LogP contribution < -0.4 is 10.9 Å². The molecule has 0 radical (unpaired) electrons. The van der Waals surface area contributed by atoms with Gasteiger partial charge in [-0.25, -0.2) is 4.68 Å². The van der Waals surface area contributed by atoms with E-state index in [1.807, 2.05) is 24.3 Å². The predicted octanol–water partition coefficient (Wildman–Crippen LogP) is 3.18. The summed E-state index contributed by atoms with van der Waals surface area (Å²) in [5.41, 5.74) is 2.80. The number of hydrogen-bond donors (Lipinski definition) is 1. The van der Waals surface area contributed by atoms with Gasteiger partial charge in [0.25, 0.3) is 5.56 Å². The highest BCUT2D eigenvalue weighted by Crippen LogP contribution is 2.35. The molecule has 0 saturated heterocycles. The number of carbonyl (C=O) groups is 1. The molecule has 1 atom stereocenters. The van der Waals surface area contributed by atoms with E-state index in [9.17, 15) is 9.59 Å². The molecular weight excluding hydrogens is 360 g/mol. The van der Waals surface area contributed by atoms with Crippen molar-refractivity contribution < 1.29 is 4.79 Å². The predicted molar refractivity (Wildman–Crippen MR) is 107 cm³/mol. The van der Waals surface area contributed by atoms with Gasteiger partial charge in [-0.15, -0.1) is 16.4 Å². The van der Waals surface area contributed by atoms with Gasteiger partial charge in [0, 0.05) is 10.6 Å². The average molecular weight is 382 g/mol. The molecule has 1 aliphatic rings. The summed E-state index contributed by atoms with van der Waals surface area (Å²) in [5, 5.41) is 11.7. The van der Waals surface area contributed by atoms with Gasteiger partial charge in [0.05, 0.1) is 5.39 Å². The smallest absolute Gasteiger partial charge is 0.279 e. The van der Waals surface area contributed by atoms with Crippen LogP contribution in [0, 0.1) is 5.92 Å². The molecule has 4 rings (SSSR count). The number of carbonyl (C=O) groups excluding carboxylic acids is 1. The number of nitrogens with one attached hydrogen (secondary N) is 1. The Morgan fingerprint density at radius 1 is 1.33 bits per heavy atom. The van der Waals surface area contributed by atoms with E-state index >= 15 is 0 Å². The van der Waals surface area contributed by atoms with Crippen molar-refractivity contribution in [3.05, 3.63) is 50.6 Å². The molecule has 1 aliphatic carbocycles. The van der Waals surface area contributed by atoms with Gasteiger partial charge in [0.2, 0.25) is 5.91 Å². The average Bonchev–Trinajstić information content (AvgIpc) is 3.02. The molecule has 3 aromatic rings. The standard InChI is InChI=1S/C20H22N4O2S/c1-3-13-5-7-14(8-6-13)21-17(25)11-24-20(26)18-15-9-4-12(2)10-16(15)27-19(18)22-23-24/h5-8,12H,3-4,9-11H2,1-2H3,(H,21,25)/t12-/m0/s1. The van der Waals surface area contributed by atoms with E-state index in [4.69, 9.17) is 0 Å². The second-order valence-corrected chi connectivity index (χ2v) is 8.27. The maximum Gasteiger partial charge on any atom is 0.279 e. The third-order valence-corrected chi connectivity index (χ3v) is 6.26. The molecule has 0 saturated carbocycles. The lowest BCUT2D eigenvalue weighted by Gasteiger charge is -2.17. The first-order valence-electron chi connectivity index (χ1n) is 9.32. The van der Waals surface area contributed by atoms with Crippen LogP contribution in [-0.4, -0.2) is 20.9 Å². The van der Waals surface area contributed by atoms with Crippen LogP contribution in [0.5, 0.6) is 0 Å². The van der Waals surface area contributed by atoms with Crippen LogP contribution in [0.15, 0.2) is 29.1 Å². The summed E-state index contributed by atoms with van der Waals surface area (Å²) in [6, 6.07) is 7.69. The second kappa shape index (κ2) is 7.23. The van der Waals surface area contributed by atoms with E-state index in [0.717, 1.165) is 31.2 Å². The van der Waals surface area contributed by atoms with Gasteiger partial charge >= 0.3 is 0 Å². The summed E-state index contributed by atoms with van der Waals surface area (Å²) in [7, 11) is 0. The number of rotatable bonds is 4. The number of aryl methyl sites for hydroxylation is 2. The third kappa shape index (κ3) is 3.51. The molecular formula is C20H22N4O2S. The normalized spacial score (nSPS) is 16.3. The molecule has 0 bridgehead atoms. The fraction of sp³-hybridized carbons (Fsp3) is 0.400. The number of thiophene rings is 1. The van der Waals surface area contributed by atoms with Crippen molar-refractivity contribution >= 4 is 33.1 Å². The first kappa shape index (κ1) is 17.9. The zero-order chi connectivity index (χ0) is 19.0. The molecule has 1 aromatic carbocycles. The minimum atomic E-state index is -0.285. The fourth-order valence-corrected chi connectivity index (χ4v) is 4.87. The van der Waals surface area contributed by atoms with Crippen molar-refractivity contribution in [1.29, 1.82) is 0 Å². The lowest BCUT2D eigenvalue weighted by molar-refractivity contribution is -0.117. The van der Waals surface area contributed by atoms with Crippen LogP contribution in [-0.2, 0) is 30.6 Å². The maximum absolute atomic E-state index is 12.9. The highest BCUT2D eigenvalue weighted by atomic mass is 32.1. The Labute approximate surface area is 161 Å². The van der Waals surface area contributed by atoms with Crippen LogP contribution in [0.4, 0.5) is 5.69 Å². The Morgan fingerprint density at radius 3 is 2.85 bits per heavy atom. The SMILES string of the molecule is CCc1ccc(NC(=O)Cn2nnc3sc4c(c3c2=O)CC[C@H](C)C4)cc1. The Kier molecular flexibility index (Phi) is 4.78. The largest absolute Gasteiger partial charge is 0.324 e. The molecule has 0 unspecified atom stereocenters. The molecule has 6 nitrogen and oxygen atoms in total. The minimum absolute atomic E-state index is 0.141. The van der Waals surface area contributed by atoms with Gasteiger partial charge in [-0.2, -0.15) is 0 Å². The Balaban J connectivity index is 1.57. The highest BCUT2D eigenvalue weighted by molar-refractivity contribution is 7.18. The number of aromatic nitrogens is 3. The van der Waals surface area contributed by atoms with Crippen molar-refractivity contribution in [2.45, 2.75) is 46.1 Å². The Bertz CT molecular complexity index is 1050. The summed E-state index contributed by atoms with van der Waals surface area (Å²) in [6.07, 6.45) is 3.91. The molecule has 0 fully saturated rings. The van der Waals surface area contributed by atoms with Crippen molar-refractivity contribution in [2.24, 2.45) is 5.92 Å². The molecule has 1 N–H and O–H groups in total. The van der Waals surface area contributed by atoms with Gasteiger partial charge in [-0.1, -0.05) is 31.2 Å². The fourth-order valence-electron chi connectivity index (χ4n) is 3.56. The van der Waals surface area contributed by atoms with Crippen LogP contribution in [0.3, 0.4) is 0 Å². The quantitative estimate of drug-likeness (QED) is 0.752. The molecule has 7 heteroatoms. The third-order valence-electron chi connectivity index (χ3n) is 5.12. The number of anilines is 1. The van der Waals surface area contributed by atoms with Gasteiger partial charge in [-0.05, 0) is 54.9 Å². The van der Waals surface area contributed by atoms with Crippen molar-refractivity contribution in [3.63, 3.8) is 0 Å². The zero-order valence-corrected chi connectivity index (χ0v) is 16.3. The van der Waals surface area contributed by atoms with Crippen LogP contribution >= 0.6 is 11.3 Å². The van der Waals surface area contributed by atoms with Crippen LogP contribution in [0.1, 0.15) is 36.3 Å². The van der Waals surface area contributed by atoms with E-state index < -0.39 is 0 Å². The summed E-state index contributed by atoms with van der Waals surface area (Å²) < 4.78 is 1.17. The second-order valence-electron chi connectivity index (χ2n) is 7.18. The highest BCUT2D eigenvalue weighted by Gasteiger charge is 2.24. The Morgan fingerprint density at radius 2 is 2.11 bits per heavy atom. The number of benzene rings is 1. The minimum Gasteiger partial charge on any atom is -0.324 e. The molecule has 27 heavy (non-hydrogen) atoms. The summed E-state index contributed by atoms with van der Waals surface area (Å²) in [4.78, 5) is 27.2. The van der Waals surface area contributed by atoms with Gasteiger partial charge in [-0.3, -0.25) is 9.59 Å². The Hall–Kier alpha value is -2.54. The monoisotopic (exact) mass is 382 g/mol. The molecule has 2 heterocycles. The topological polar surface area (TPSA) is 76.9 Å². The van der Waals surface area contributed by atoms with Crippen LogP contribution in [0.2, 0.25) is 0 Å². The van der Waals surface area contributed by atoms with E-state index in [1.165, 1.54) is 15.1 Å². The lowest BCUT2D eigenvalue weighted by atomic mass is 9.89. The number of nitrogens with zero attached hydrogens (tertiary/aromatic N) is 3. The van der Waals surface area contributed by atoms with Gasteiger partial charge in [0.15, 0.2) is 4.83 Å². The first-order valence-corrected chi connectivity index (χ1v) is 10.1. The maximum atomic E-state index is 12.9. The van der Waals surface area contributed by atoms with E-state index in [1.54, 1.807) is 11.3 Å². The molecule has 2 aromatic heterocycles. The van der Waals surface area contributed by atoms with Crippen molar-refractivity contribution in [2.75, 3.05) is 5.32 Å². The van der Waals surface area contributed by atoms with Crippen molar-refractivity contribution in [3.8, 4) is 0 Å². The van der Waals surface area contributed by atoms with Gasteiger partial charge < -0.3 is 5.32 Å². The summed E-state index contributed by atoms with van der Waals surface area (Å²) >= 11 is 1.56. The molecule has 1 amide bonds. The number of amides is 1. The van der Waals surface area contributed by atoms with Gasteiger partial charge in [0.1, 0.15) is 6.54 Å². The number of hydrogen-bond acceptors (Lipinski definition) is 5. The molecule has 0 spiro atoms. The van der Waals surface area contributed by atoms with Crippen molar-refractivity contribution in [1.82, 2.24) is 15.0 Å².